The Morgan fingerprint density at radius 3 is 2.71 bits per heavy atom. The fourth-order valence-corrected chi connectivity index (χ4v) is 3.91. The van der Waals surface area contributed by atoms with E-state index in [-0.39, 0.29) is 17.4 Å². The predicted octanol–water partition coefficient (Wildman–Crippen LogP) is 2.05. The third-order valence-corrected chi connectivity index (χ3v) is 5.55. The molecule has 31 heavy (non-hydrogen) atoms. The lowest BCUT2D eigenvalue weighted by atomic mass is 9.96. The number of nitrogens with zero attached hydrogens (tertiary/aromatic N) is 4. The van der Waals surface area contributed by atoms with E-state index in [1.807, 2.05) is 12.1 Å². The summed E-state index contributed by atoms with van der Waals surface area (Å²) >= 11 is 0. The number of nitrogen functional groups attached to an aromatic ring is 1. The first kappa shape index (κ1) is 19.4. The van der Waals surface area contributed by atoms with Gasteiger partial charge in [-0.2, -0.15) is 9.37 Å². The zero-order valence-corrected chi connectivity index (χ0v) is 16.8. The van der Waals surface area contributed by atoms with Crippen molar-refractivity contribution >= 4 is 17.4 Å². The minimum atomic E-state index is -0.773. The second-order valence-corrected chi connectivity index (χ2v) is 7.48. The number of nitrogens with one attached hydrogen (secondary N) is 1. The van der Waals surface area contributed by atoms with Crippen LogP contribution in [0.3, 0.4) is 0 Å². The van der Waals surface area contributed by atoms with Crippen LogP contribution in [0.5, 0.6) is 0 Å². The number of carbonyl (C=O) groups is 1. The number of hydrogen-bond acceptors (Lipinski definition) is 7. The minimum absolute atomic E-state index is 0.00796. The molecule has 2 aromatic heterocycles. The average Bonchev–Trinajstić information content (AvgIpc) is 2.80. The molecule has 1 saturated heterocycles. The van der Waals surface area contributed by atoms with Gasteiger partial charge in [0, 0.05) is 30.8 Å². The SMILES string of the molecule is Nc1nc(F)c(-c2ccc(N3CCOCC3)cn2)nc1-c1ccc2c(c1)CCNC2=O. The van der Waals surface area contributed by atoms with Crippen molar-refractivity contribution in [1.82, 2.24) is 20.3 Å². The third-order valence-electron chi connectivity index (χ3n) is 5.55. The van der Waals surface area contributed by atoms with Gasteiger partial charge in [-0.1, -0.05) is 6.07 Å². The van der Waals surface area contributed by atoms with Gasteiger partial charge in [-0.15, -0.1) is 0 Å². The molecule has 5 rings (SSSR count). The van der Waals surface area contributed by atoms with E-state index < -0.39 is 5.95 Å². The van der Waals surface area contributed by atoms with Crippen LogP contribution in [-0.4, -0.2) is 53.7 Å². The number of anilines is 2. The minimum Gasteiger partial charge on any atom is -0.382 e. The van der Waals surface area contributed by atoms with Crippen molar-refractivity contribution in [2.45, 2.75) is 6.42 Å². The highest BCUT2D eigenvalue weighted by Gasteiger charge is 2.20. The summed E-state index contributed by atoms with van der Waals surface area (Å²) in [6, 6.07) is 8.97. The van der Waals surface area contributed by atoms with E-state index in [1.54, 1.807) is 24.4 Å². The van der Waals surface area contributed by atoms with E-state index >= 15 is 0 Å². The average molecular weight is 420 g/mol. The van der Waals surface area contributed by atoms with Gasteiger partial charge < -0.3 is 20.7 Å². The molecule has 9 heteroatoms. The highest BCUT2D eigenvalue weighted by Crippen LogP contribution is 2.30. The zero-order chi connectivity index (χ0) is 21.4. The number of hydrogen-bond donors (Lipinski definition) is 2. The molecule has 0 aliphatic carbocycles. The van der Waals surface area contributed by atoms with Crippen molar-refractivity contribution in [3.8, 4) is 22.6 Å². The number of carbonyl (C=O) groups excluding carboxylic acids is 1. The molecular formula is C22H21FN6O2. The van der Waals surface area contributed by atoms with Crippen molar-refractivity contribution < 1.29 is 13.9 Å². The lowest BCUT2D eigenvalue weighted by Crippen LogP contribution is -2.36. The Kier molecular flexibility index (Phi) is 4.95. The van der Waals surface area contributed by atoms with Gasteiger partial charge >= 0.3 is 0 Å². The van der Waals surface area contributed by atoms with E-state index in [2.05, 4.69) is 25.2 Å². The van der Waals surface area contributed by atoms with Gasteiger partial charge in [-0.25, -0.2) is 4.98 Å². The molecule has 2 aliphatic rings. The molecule has 1 fully saturated rings. The molecule has 3 N–H and O–H groups in total. The molecule has 0 unspecified atom stereocenters. The zero-order valence-electron chi connectivity index (χ0n) is 16.8. The normalized spacial score (nSPS) is 16.0. The molecule has 3 aromatic rings. The number of benzene rings is 1. The molecule has 158 valence electrons. The summed E-state index contributed by atoms with van der Waals surface area (Å²) in [5, 5.41) is 2.82. The monoisotopic (exact) mass is 420 g/mol. The van der Waals surface area contributed by atoms with Gasteiger partial charge in [0.05, 0.1) is 30.8 Å². The molecule has 1 aromatic carbocycles. The Hall–Kier alpha value is -3.59. The second kappa shape index (κ2) is 7.92. The topological polar surface area (TPSA) is 106 Å². The van der Waals surface area contributed by atoms with Crippen molar-refractivity contribution in [2.24, 2.45) is 0 Å². The molecule has 1 amide bonds. The molecule has 4 heterocycles. The van der Waals surface area contributed by atoms with E-state index in [4.69, 9.17) is 10.5 Å². The van der Waals surface area contributed by atoms with Crippen LogP contribution in [0, 0.1) is 5.95 Å². The van der Waals surface area contributed by atoms with Crippen LogP contribution in [0.25, 0.3) is 22.6 Å². The molecule has 0 saturated carbocycles. The molecular weight excluding hydrogens is 399 g/mol. The summed E-state index contributed by atoms with van der Waals surface area (Å²) in [7, 11) is 0. The van der Waals surface area contributed by atoms with Crippen LogP contribution in [0.1, 0.15) is 15.9 Å². The first-order valence-corrected chi connectivity index (χ1v) is 10.1. The lowest BCUT2D eigenvalue weighted by Gasteiger charge is -2.28. The maximum Gasteiger partial charge on any atom is 0.251 e. The molecule has 8 nitrogen and oxygen atoms in total. The van der Waals surface area contributed by atoms with Crippen LogP contribution in [0.2, 0.25) is 0 Å². The summed E-state index contributed by atoms with van der Waals surface area (Å²) in [4.78, 5) is 26.9. The van der Waals surface area contributed by atoms with E-state index in [1.165, 1.54) is 0 Å². The van der Waals surface area contributed by atoms with Gasteiger partial charge in [-0.3, -0.25) is 9.78 Å². The predicted molar refractivity (Wildman–Crippen MR) is 114 cm³/mol. The summed E-state index contributed by atoms with van der Waals surface area (Å²) in [6.07, 6.45) is 2.41. The summed E-state index contributed by atoms with van der Waals surface area (Å²) in [6.45, 7) is 3.50. The summed E-state index contributed by atoms with van der Waals surface area (Å²) in [5.74, 6) is -0.882. The fourth-order valence-electron chi connectivity index (χ4n) is 3.91. The summed E-state index contributed by atoms with van der Waals surface area (Å²) < 4.78 is 20.0. The smallest absolute Gasteiger partial charge is 0.251 e. The number of pyridine rings is 1. The van der Waals surface area contributed by atoms with Gasteiger partial charge in [0.15, 0.2) is 5.82 Å². The Bertz CT molecular complexity index is 1150. The Balaban J connectivity index is 1.50. The van der Waals surface area contributed by atoms with Crippen molar-refractivity contribution in [1.29, 1.82) is 0 Å². The van der Waals surface area contributed by atoms with Crippen LogP contribution in [0.4, 0.5) is 15.9 Å². The first-order valence-electron chi connectivity index (χ1n) is 10.1. The van der Waals surface area contributed by atoms with Gasteiger partial charge in [0.1, 0.15) is 11.4 Å². The van der Waals surface area contributed by atoms with Crippen LogP contribution in [-0.2, 0) is 11.2 Å². The van der Waals surface area contributed by atoms with Crippen molar-refractivity contribution in [3.05, 3.63) is 53.6 Å². The highest BCUT2D eigenvalue weighted by atomic mass is 19.1. The summed E-state index contributed by atoms with van der Waals surface area (Å²) in [5.41, 5.74) is 9.94. The standard InChI is InChI=1S/C22H21FN6O2/c23-20-19(17-4-2-15(12-26-17)29-7-9-31-10-8-29)27-18(21(24)28-20)14-1-3-16-13(11-14)5-6-25-22(16)30/h1-4,11-12H,5-10H2,(H2,24,28)(H,25,30). The Labute approximate surface area is 178 Å². The van der Waals surface area contributed by atoms with Crippen LogP contribution < -0.4 is 16.0 Å². The number of rotatable bonds is 3. The van der Waals surface area contributed by atoms with Crippen molar-refractivity contribution in [2.75, 3.05) is 43.5 Å². The Morgan fingerprint density at radius 2 is 1.94 bits per heavy atom. The number of amides is 1. The van der Waals surface area contributed by atoms with Gasteiger partial charge in [0.25, 0.3) is 5.91 Å². The number of fused-ring (bicyclic) bond motifs is 1. The lowest BCUT2D eigenvalue weighted by molar-refractivity contribution is 0.0946. The van der Waals surface area contributed by atoms with E-state index in [0.29, 0.717) is 48.7 Å². The maximum atomic E-state index is 14.6. The molecule has 0 atom stereocenters. The largest absolute Gasteiger partial charge is 0.382 e. The third kappa shape index (κ3) is 3.68. The Morgan fingerprint density at radius 1 is 1.10 bits per heavy atom. The van der Waals surface area contributed by atoms with Crippen LogP contribution in [0.15, 0.2) is 36.5 Å². The number of ether oxygens (including phenoxy) is 1. The van der Waals surface area contributed by atoms with E-state index in [0.717, 1.165) is 24.3 Å². The van der Waals surface area contributed by atoms with Gasteiger partial charge in [-0.05, 0) is 36.2 Å². The first-order chi connectivity index (χ1) is 15.1. The molecule has 0 radical (unpaired) electrons. The molecule has 0 bridgehead atoms. The second-order valence-electron chi connectivity index (χ2n) is 7.48. The highest BCUT2D eigenvalue weighted by molar-refractivity contribution is 5.97. The quantitative estimate of drug-likeness (QED) is 0.668. The number of morpholine rings is 1. The number of aromatic nitrogens is 3. The number of halogens is 1. The van der Waals surface area contributed by atoms with Crippen molar-refractivity contribution in [3.63, 3.8) is 0 Å². The fraction of sp³-hybridized carbons (Fsp3) is 0.273. The molecule has 2 aliphatic heterocycles. The molecule has 0 spiro atoms. The maximum absolute atomic E-state index is 14.6. The van der Waals surface area contributed by atoms with Crippen LogP contribution >= 0.6 is 0 Å². The van der Waals surface area contributed by atoms with Gasteiger partial charge in [0.2, 0.25) is 5.95 Å². The van der Waals surface area contributed by atoms with E-state index in [9.17, 15) is 9.18 Å². The number of nitrogens with two attached hydrogens (primary N) is 1.